The maximum Gasteiger partial charge on any atom is 0.0478 e. The monoisotopic (exact) mass is 766 g/mol. The molecule has 2 heterocycles. The Labute approximate surface area is 351 Å². The first kappa shape index (κ1) is 37.4. The Morgan fingerprint density at radius 2 is 1.37 bits per heavy atom. The molecule has 5 aliphatic carbocycles. The van der Waals surface area contributed by atoms with E-state index in [1.165, 1.54) is 50.1 Å². The molecule has 0 radical (unpaired) electrons. The number of fused-ring (bicyclic) bond motifs is 2. The van der Waals surface area contributed by atoms with Crippen LogP contribution in [0.1, 0.15) is 104 Å². The summed E-state index contributed by atoms with van der Waals surface area (Å²) in [5.74, 6) is 2.51. The van der Waals surface area contributed by atoms with E-state index in [1.54, 1.807) is 5.57 Å². The molecule has 2 nitrogen and oxygen atoms in total. The molecule has 5 aliphatic rings. The fourth-order valence-electron chi connectivity index (χ4n) is 11.2. The van der Waals surface area contributed by atoms with Gasteiger partial charge >= 0.3 is 0 Å². The molecule has 1 saturated carbocycles. The molecule has 0 bridgehead atoms. The summed E-state index contributed by atoms with van der Waals surface area (Å²) in [5, 5.41) is 0. The summed E-state index contributed by atoms with van der Waals surface area (Å²) < 4.78 is 0. The van der Waals surface area contributed by atoms with Crippen molar-refractivity contribution < 1.29 is 0 Å². The second-order valence-electron chi connectivity index (χ2n) is 17.8. The maximum absolute atomic E-state index is 4.79. The zero-order chi connectivity index (χ0) is 39.9. The first-order valence-electron chi connectivity index (χ1n) is 21.9. The van der Waals surface area contributed by atoms with Gasteiger partial charge < -0.3 is 0 Å². The van der Waals surface area contributed by atoms with Gasteiger partial charge in [0.15, 0.2) is 0 Å². The van der Waals surface area contributed by atoms with Gasteiger partial charge in [-0.3, -0.25) is 9.97 Å². The second-order valence-corrected chi connectivity index (χ2v) is 17.8. The number of hydrogen-bond donors (Lipinski definition) is 0. The fraction of sp³-hybridized carbons (Fsp3) is 0.263. The van der Waals surface area contributed by atoms with Crippen molar-refractivity contribution in [2.45, 2.75) is 75.5 Å². The molecule has 1 fully saturated rings. The summed E-state index contributed by atoms with van der Waals surface area (Å²) in [4.78, 5) is 9.53. The predicted molar refractivity (Wildman–Crippen MR) is 245 cm³/mol. The van der Waals surface area contributed by atoms with Crippen molar-refractivity contribution in [3.63, 3.8) is 0 Å². The van der Waals surface area contributed by atoms with Crippen molar-refractivity contribution in [3.05, 3.63) is 233 Å². The Morgan fingerprint density at radius 3 is 2.12 bits per heavy atom. The topological polar surface area (TPSA) is 25.8 Å². The van der Waals surface area contributed by atoms with E-state index in [0.29, 0.717) is 35.5 Å². The zero-order valence-corrected chi connectivity index (χ0v) is 34.6. The predicted octanol–water partition coefficient (Wildman–Crippen LogP) is 14.2. The number of nitrogens with zero attached hydrogens (tertiary/aromatic N) is 2. The SMILES string of the molecule is CC1C=CC=CC1c1cc(-c2ccccc2)cc(C2CCC3C(=C(C4=CC(C)C(c5ccccn5)C=C4)c4ccccc4C3(C)C3=CCC(c4ccccn4)C=C3)C2)c1. The third kappa shape index (κ3) is 6.87. The number of rotatable bonds is 7. The molecule has 8 unspecified atom stereocenters. The van der Waals surface area contributed by atoms with Gasteiger partial charge in [0.05, 0.1) is 0 Å². The normalized spacial score (nSPS) is 28.4. The molecule has 10 rings (SSSR count). The van der Waals surface area contributed by atoms with Crippen molar-refractivity contribution in [3.8, 4) is 11.1 Å². The summed E-state index contributed by atoms with van der Waals surface area (Å²) >= 11 is 0. The minimum absolute atomic E-state index is 0.154. The van der Waals surface area contributed by atoms with Crippen molar-refractivity contribution >= 4 is 5.57 Å². The highest BCUT2D eigenvalue weighted by atomic mass is 14.7. The molecule has 0 saturated heterocycles. The molecule has 59 heavy (non-hydrogen) atoms. The van der Waals surface area contributed by atoms with Gasteiger partial charge in [0, 0.05) is 47.0 Å². The summed E-state index contributed by atoms with van der Waals surface area (Å²) in [6.07, 6.45) is 32.2. The quantitative estimate of drug-likeness (QED) is 0.165. The van der Waals surface area contributed by atoms with Crippen LogP contribution in [0.5, 0.6) is 0 Å². The first-order chi connectivity index (χ1) is 29.0. The average molecular weight is 767 g/mol. The van der Waals surface area contributed by atoms with Gasteiger partial charge in [0.2, 0.25) is 0 Å². The first-order valence-corrected chi connectivity index (χ1v) is 21.9. The lowest BCUT2D eigenvalue weighted by molar-refractivity contribution is 0.301. The van der Waals surface area contributed by atoms with Crippen LogP contribution in [0.4, 0.5) is 0 Å². The van der Waals surface area contributed by atoms with Crippen LogP contribution < -0.4 is 0 Å². The van der Waals surface area contributed by atoms with Crippen LogP contribution in [0, 0.1) is 17.8 Å². The summed E-state index contributed by atoms with van der Waals surface area (Å²) in [7, 11) is 0. The van der Waals surface area contributed by atoms with E-state index in [4.69, 9.17) is 9.97 Å². The number of benzene rings is 3. The highest BCUT2D eigenvalue weighted by molar-refractivity contribution is 5.89. The Morgan fingerprint density at radius 1 is 0.627 bits per heavy atom. The van der Waals surface area contributed by atoms with Crippen LogP contribution in [-0.2, 0) is 5.41 Å². The molecule has 2 aromatic heterocycles. The van der Waals surface area contributed by atoms with Crippen molar-refractivity contribution in [1.29, 1.82) is 0 Å². The number of allylic oxidation sites excluding steroid dienone is 14. The van der Waals surface area contributed by atoms with Gasteiger partial charge in [0.25, 0.3) is 0 Å². The van der Waals surface area contributed by atoms with Crippen LogP contribution in [-0.4, -0.2) is 9.97 Å². The highest BCUT2D eigenvalue weighted by Gasteiger charge is 2.49. The molecular formula is C57H54N2. The number of aromatic nitrogens is 2. The van der Waals surface area contributed by atoms with Gasteiger partial charge in [-0.1, -0.05) is 172 Å². The zero-order valence-electron chi connectivity index (χ0n) is 34.6. The van der Waals surface area contributed by atoms with Crippen molar-refractivity contribution in [2.24, 2.45) is 17.8 Å². The highest BCUT2D eigenvalue weighted by Crippen LogP contribution is 2.60. The van der Waals surface area contributed by atoms with E-state index in [-0.39, 0.29) is 11.3 Å². The number of hydrogen-bond acceptors (Lipinski definition) is 2. The second kappa shape index (κ2) is 15.7. The standard InChI is InChI=1S/C57H54N2/c1-38-15-7-8-18-48(38)46-35-44(40-16-5-4-6-17-40)34-45(36-46)42-26-30-53-51(37-42)56(43-25-29-49(39(2)33-43)55-22-12-14-32-59-55)50-19-9-10-20-52(50)57(53,3)47-27-23-41(24-28-47)54-21-11-13-31-58-54/h4-23,25,27-29,31-36,38-39,41-42,48-49,53H,24,26,30,37H2,1-3H3. The van der Waals surface area contributed by atoms with E-state index in [0.717, 1.165) is 37.1 Å². The molecule has 0 spiro atoms. The van der Waals surface area contributed by atoms with Crippen molar-refractivity contribution in [1.82, 2.24) is 9.97 Å². The minimum atomic E-state index is -0.154. The van der Waals surface area contributed by atoms with Crippen LogP contribution >= 0.6 is 0 Å². The Kier molecular flexibility index (Phi) is 9.97. The summed E-state index contributed by atoms with van der Waals surface area (Å²) in [6.45, 7) is 7.30. The molecule has 0 N–H and O–H groups in total. The average Bonchev–Trinajstić information content (AvgIpc) is 3.30. The molecule has 3 aromatic carbocycles. The molecule has 5 aromatic rings. The molecule has 0 aliphatic heterocycles. The van der Waals surface area contributed by atoms with Crippen LogP contribution in [0.15, 0.2) is 199 Å². The van der Waals surface area contributed by atoms with Crippen LogP contribution in [0.2, 0.25) is 0 Å². The molecule has 8 atom stereocenters. The summed E-state index contributed by atoms with van der Waals surface area (Å²) in [6, 6.07) is 40.6. The third-order valence-electron chi connectivity index (χ3n) is 14.4. The van der Waals surface area contributed by atoms with E-state index >= 15 is 0 Å². The van der Waals surface area contributed by atoms with Gasteiger partial charge in [-0.05, 0) is 124 Å². The smallest absolute Gasteiger partial charge is 0.0478 e. The van der Waals surface area contributed by atoms with E-state index < -0.39 is 0 Å². The molecule has 292 valence electrons. The Bertz CT molecular complexity index is 2570. The van der Waals surface area contributed by atoms with Crippen LogP contribution in [0.3, 0.4) is 0 Å². The number of pyridine rings is 2. The Balaban J connectivity index is 1.10. The van der Waals surface area contributed by atoms with E-state index in [9.17, 15) is 0 Å². The minimum Gasteiger partial charge on any atom is -0.261 e. The van der Waals surface area contributed by atoms with Gasteiger partial charge in [-0.15, -0.1) is 0 Å². The summed E-state index contributed by atoms with van der Waals surface area (Å²) in [5.41, 5.74) is 16.4. The maximum atomic E-state index is 4.79. The van der Waals surface area contributed by atoms with E-state index in [1.807, 2.05) is 24.5 Å². The van der Waals surface area contributed by atoms with Gasteiger partial charge in [-0.25, -0.2) is 0 Å². The lowest BCUT2D eigenvalue weighted by Gasteiger charge is -2.50. The fourth-order valence-corrected chi connectivity index (χ4v) is 11.2. The molecular weight excluding hydrogens is 713 g/mol. The van der Waals surface area contributed by atoms with E-state index in [2.05, 4.69) is 179 Å². The van der Waals surface area contributed by atoms with Crippen LogP contribution in [0.25, 0.3) is 16.7 Å². The molecule has 0 amide bonds. The largest absolute Gasteiger partial charge is 0.261 e. The Hall–Kier alpha value is -5.86. The molecule has 2 heteroatoms. The lowest BCUT2D eigenvalue weighted by Crippen LogP contribution is -2.42. The van der Waals surface area contributed by atoms with Gasteiger partial charge in [0.1, 0.15) is 0 Å². The lowest BCUT2D eigenvalue weighted by atomic mass is 9.53. The third-order valence-corrected chi connectivity index (χ3v) is 14.4. The van der Waals surface area contributed by atoms with Crippen molar-refractivity contribution in [2.75, 3.05) is 0 Å². The van der Waals surface area contributed by atoms with Gasteiger partial charge in [-0.2, -0.15) is 0 Å².